The molecule has 0 bridgehead atoms. The fraction of sp³-hybridized carbons (Fsp3) is 0.722. The zero-order valence-electron chi connectivity index (χ0n) is 14.5. The Balaban J connectivity index is 1.38. The van der Waals surface area contributed by atoms with Gasteiger partial charge in [0.25, 0.3) is 5.91 Å². The Bertz CT molecular complexity index is 579. The summed E-state index contributed by atoms with van der Waals surface area (Å²) in [5, 5.41) is 0. The molecule has 3 aliphatic rings. The van der Waals surface area contributed by atoms with Crippen LogP contribution in [0, 0.1) is 5.92 Å². The Morgan fingerprint density at radius 2 is 1.96 bits per heavy atom. The average molecular weight is 346 g/mol. The van der Waals surface area contributed by atoms with Gasteiger partial charge in [-0.05, 0) is 19.3 Å². The lowest BCUT2D eigenvalue weighted by molar-refractivity contribution is -0.0175. The molecule has 3 aliphatic heterocycles. The molecule has 1 aromatic rings. The van der Waals surface area contributed by atoms with E-state index in [0.717, 1.165) is 58.7 Å². The van der Waals surface area contributed by atoms with Crippen LogP contribution in [0.1, 0.15) is 29.8 Å². The molecular weight excluding hydrogens is 320 g/mol. The highest BCUT2D eigenvalue weighted by Gasteiger charge is 2.37. The Morgan fingerprint density at radius 1 is 1.08 bits per heavy atom. The molecule has 3 fully saturated rings. The second kappa shape index (κ2) is 7.76. The summed E-state index contributed by atoms with van der Waals surface area (Å²) in [6.45, 7) is 5.96. The summed E-state index contributed by atoms with van der Waals surface area (Å²) < 4.78 is 11.6. The normalized spacial score (nSPS) is 29.0. The number of hydrogen-bond donors (Lipinski definition) is 0. The van der Waals surface area contributed by atoms with Crippen molar-refractivity contribution in [1.29, 1.82) is 0 Å². The van der Waals surface area contributed by atoms with Crippen molar-refractivity contribution in [2.24, 2.45) is 5.92 Å². The van der Waals surface area contributed by atoms with E-state index in [0.29, 0.717) is 24.2 Å². The number of aromatic nitrogens is 2. The van der Waals surface area contributed by atoms with Crippen molar-refractivity contribution in [3.05, 3.63) is 24.3 Å². The molecular formula is C18H26N4O3. The maximum Gasteiger partial charge on any atom is 0.274 e. The van der Waals surface area contributed by atoms with E-state index in [9.17, 15) is 4.79 Å². The molecule has 136 valence electrons. The Kier molecular flexibility index (Phi) is 5.24. The van der Waals surface area contributed by atoms with Crippen LogP contribution in [0.15, 0.2) is 18.6 Å². The Morgan fingerprint density at radius 3 is 2.76 bits per heavy atom. The van der Waals surface area contributed by atoms with Crippen LogP contribution in [0.3, 0.4) is 0 Å². The van der Waals surface area contributed by atoms with Gasteiger partial charge < -0.3 is 14.4 Å². The smallest absolute Gasteiger partial charge is 0.274 e. The van der Waals surface area contributed by atoms with Gasteiger partial charge in [0.15, 0.2) is 0 Å². The van der Waals surface area contributed by atoms with E-state index < -0.39 is 0 Å². The minimum absolute atomic E-state index is 0.0410. The van der Waals surface area contributed by atoms with Crippen molar-refractivity contribution in [2.45, 2.75) is 31.4 Å². The molecule has 0 radical (unpaired) electrons. The van der Waals surface area contributed by atoms with E-state index in [1.165, 1.54) is 6.20 Å². The van der Waals surface area contributed by atoms with Gasteiger partial charge in [0.2, 0.25) is 0 Å². The molecule has 4 heterocycles. The molecule has 0 aliphatic carbocycles. The molecule has 0 aromatic carbocycles. The number of ether oxygens (including phenoxy) is 2. The van der Waals surface area contributed by atoms with Gasteiger partial charge in [-0.25, -0.2) is 4.98 Å². The van der Waals surface area contributed by atoms with Crippen molar-refractivity contribution in [3.8, 4) is 0 Å². The number of rotatable bonds is 2. The highest BCUT2D eigenvalue weighted by Crippen LogP contribution is 2.27. The molecule has 7 heteroatoms. The van der Waals surface area contributed by atoms with Gasteiger partial charge in [-0.1, -0.05) is 0 Å². The maximum absolute atomic E-state index is 12.6. The SMILES string of the molecule is O=C(c1cnccn1)N1CC[C@@H]2CN(C3CCOCC3)CCO[C@@H]2C1. The van der Waals surface area contributed by atoms with Crippen molar-refractivity contribution >= 4 is 5.91 Å². The zero-order chi connectivity index (χ0) is 17.1. The van der Waals surface area contributed by atoms with Gasteiger partial charge >= 0.3 is 0 Å². The number of amides is 1. The summed E-state index contributed by atoms with van der Waals surface area (Å²) in [4.78, 5) is 25.2. The molecule has 7 nitrogen and oxygen atoms in total. The lowest BCUT2D eigenvalue weighted by Crippen LogP contribution is -2.50. The first kappa shape index (κ1) is 16.9. The molecule has 4 rings (SSSR count). The van der Waals surface area contributed by atoms with Crippen molar-refractivity contribution in [1.82, 2.24) is 19.8 Å². The minimum Gasteiger partial charge on any atom is -0.381 e. The third kappa shape index (κ3) is 3.83. The van der Waals surface area contributed by atoms with Crippen LogP contribution in [0.4, 0.5) is 0 Å². The van der Waals surface area contributed by atoms with Gasteiger partial charge in [0, 0.05) is 63.7 Å². The molecule has 3 saturated heterocycles. The number of hydrogen-bond acceptors (Lipinski definition) is 6. The quantitative estimate of drug-likeness (QED) is 0.790. The number of likely N-dealkylation sites (tertiary alicyclic amines) is 1. The van der Waals surface area contributed by atoms with Crippen molar-refractivity contribution in [3.63, 3.8) is 0 Å². The highest BCUT2D eigenvalue weighted by atomic mass is 16.5. The van der Waals surface area contributed by atoms with E-state index in [2.05, 4.69) is 14.9 Å². The highest BCUT2D eigenvalue weighted by molar-refractivity contribution is 5.92. The fourth-order valence-corrected chi connectivity index (χ4v) is 4.21. The summed E-state index contributed by atoms with van der Waals surface area (Å²) >= 11 is 0. The lowest BCUT2D eigenvalue weighted by Gasteiger charge is -2.39. The van der Waals surface area contributed by atoms with E-state index in [1.54, 1.807) is 12.4 Å². The second-order valence-corrected chi connectivity index (χ2v) is 7.14. The second-order valence-electron chi connectivity index (χ2n) is 7.14. The van der Waals surface area contributed by atoms with E-state index in [4.69, 9.17) is 9.47 Å². The number of carbonyl (C=O) groups is 1. The van der Waals surface area contributed by atoms with Crippen molar-refractivity contribution in [2.75, 3.05) is 46.0 Å². The third-order valence-corrected chi connectivity index (χ3v) is 5.65. The Labute approximate surface area is 148 Å². The van der Waals surface area contributed by atoms with Gasteiger partial charge in [-0.15, -0.1) is 0 Å². The van der Waals surface area contributed by atoms with Gasteiger partial charge in [-0.2, -0.15) is 0 Å². The summed E-state index contributed by atoms with van der Waals surface area (Å²) in [5.41, 5.74) is 0.415. The zero-order valence-corrected chi connectivity index (χ0v) is 14.5. The van der Waals surface area contributed by atoms with Crippen LogP contribution in [-0.4, -0.2) is 83.8 Å². The van der Waals surface area contributed by atoms with Crippen LogP contribution in [-0.2, 0) is 9.47 Å². The maximum atomic E-state index is 12.6. The average Bonchev–Trinajstić information content (AvgIpc) is 2.90. The Hall–Kier alpha value is -1.57. The summed E-state index contributed by atoms with van der Waals surface area (Å²) in [5.74, 6) is 0.455. The van der Waals surface area contributed by atoms with Crippen LogP contribution in [0.25, 0.3) is 0 Å². The minimum atomic E-state index is -0.0410. The molecule has 2 atom stereocenters. The van der Waals surface area contributed by atoms with Crippen LogP contribution in [0.5, 0.6) is 0 Å². The number of fused-ring (bicyclic) bond motifs is 1. The molecule has 0 unspecified atom stereocenters. The van der Waals surface area contributed by atoms with Crippen molar-refractivity contribution < 1.29 is 14.3 Å². The third-order valence-electron chi connectivity index (χ3n) is 5.65. The molecule has 0 N–H and O–H groups in total. The summed E-state index contributed by atoms with van der Waals surface area (Å²) in [6, 6.07) is 0.621. The topological polar surface area (TPSA) is 67.8 Å². The van der Waals surface area contributed by atoms with Gasteiger partial charge in [0.1, 0.15) is 5.69 Å². The summed E-state index contributed by atoms with van der Waals surface area (Å²) in [7, 11) is 0. The predicted octanol–water partition coefficient (Wildman–Crippen LogP) is 0.819. The standard InChI is InChI=1S/C18H26N4O3/c23-18(16-11-19-4-5-20-16)22-6-1-14-12-21(7-10-25-17(14)13-22)15-2-8-24-9-3-15/h4-5,11,14-15,17H,1-3,6-10,12-13H2/t14-,17-/m1/s1. The first-order chi connectivity index (χ1) is 12.3. The molecule has 0 spiro atoms. The molecule has 0 saturated carbocycles. The van der Waals surface area contributed by atoms with E-state index in [-0.39, 0.29) is 12.0 Å². The first-order valence-corrected chi connectivity index (χ1v) is 9.30. The monoisotopic (exact) mass is 346 g/mol. The predicted molar refractivity (Wildman–Crippen MR) is 91.2 cm³/mol. The fourth-order valence-electron chi connectivity index (χ4n) is 4.21. The van der Waals surface area contributed by atoms with Crippen LogP contribution in [0.2, 0.25) is 0 Å². The number of piperidine rings is 1. The molecule has 25 heavy (non-hydrogen) atoms. The van der Waals surface area contributed by atoms with Crippen LogP contribution >= 0.6 is 0 Å². The number of nitrogens with zero attached hydrogens (tertiary/aromatic N) is 4. The first-order valence-electron chi connectivity index (χ1n) is 9.30. The number of carbonyl (C=O) groups excluding carboxylic acids is 1. The van der Waals surface area contributed by atoms with E-state index >= 15 is 0 Å². The van der Waals surface area contributed by atoms with Gasteiger partial charge in [0.05, 0.1) is 18.9 Å². The lowest BCUT2D eigenvalue weighted by atomic mass is 9.92. The summed E-state index contributed by atoms with van der Waals surface area (Å²) in [6.07, 6.45) is 8.03. The largest absolute Gasteiger partial charge is 0.381 e. The van der Waals surface area contributed by atoms with E-state index in [1.807, 2.05) is 4.90 Å². The molecule has 1 aromatic heterocycles. The molecule has 1 amide bonds. The van der Waals surface area contributed by atoms with Crippen LogP contribution < -0.4 is 0 Å². The van der Waals surface area contributed by atoms with Gasteiger partial charge in [-0.3, -0.25) is 14.7 Å².